The molecule has 0 radical (unpaired) electrons. The maximum atomic E-state index is 13.2. The van der Waals surface area contributed by atoms with Crippen molar-refractivity contribution in [3.8, 4) is 0 Å². The summed E-state index contributed by atoms with van der Waals surface area (Å²) in [5, 5.41) is 0.649. The number of aliphatic imine (C=N–C) groups is 1. The Morgan fingerprint density at radius 3 is 2.43 bits per heavy atom. The Labute approximate surface area is 169 Å². The average Bonchev–Trinajstić information content (AvgIpc) is 3.14. The first-order valence-corrected chi connectivity index (χ1v) is 9.43. The largest absolute Gasteiger partial charge is 0.328 e. The van der Waals surface area contributed by atoms with Crippen LogP contribution in [0.2, 0.25) is 5.02 Å². The molecule has 4 rings (SSSR count). The smallest absolute Gasteiger partial charge is 0.302 e. The van der Waals surface area contributed by atoms with Crippen LogP contribution in [0.4, 0.5) is 10.5 Å². The summed E-state index contributed by atoms with van der Waals surface area (Å²) in [5.74, 6) is 0.400. The van der Waals surface area contributed by atoms with Gasteiger partial charge in [0.2, 0.25) is 5.96 Å². The van der Waals surface area contributed by atoms with Crippen molar-refractivity contribution in [2.24, 2.45) is 4.99 Å². The molecule has 8 heteroatoms. The number of hydrogen-bond donors (Lipinski definition) is 0. The number of fused-ring (bicyclic) bond motifs is 3. The highest BCUT2D eigenvalue weighted by Gasteiger charge is 2.55. The molecule has 3 amide bonds. The summed E-state index contributed by atoms with van der Waals surface area (Å²) in [4.78, 5) is 37.5. The second-order valence-electron chi connectivity index (χ2n) is 7.42. The summed E-state index contributed by atoms with van der Waals surface area (Å²) < 4.78 is 0. The summed E-state index contributed by atoms with van der Waals surface area (Å²) in [6.07, 6.45) is -0.561. The molecule has 2 atom stereocenters. The van der Waals surface area contributed by atoms with Crippen molar-refractivity contribution in [2.75, 3.05) is 18.5 Å². The van der Waals surface area contributed by atoms with Gasteiger partial charge in [-0.05, 0) is 45.0 Å². The topological polar surface area (TPSA) is 59.5 Å². The van der Waals surface area contributed by atoms with E-state index in [9.17, 15) is 9.59 Å². The Bertz CT molecular complexity index is 952. The molecule has 7 nitrogen and oxygen atoms in total. The number of carbonyl (C=O) groups is 2. The minimum absolute atomic E-state index is 0.205. The van der Waals surface area contributed by atoms with Crippen molar-refractivity contribution in [1.29, 1.82) is 0 Å². The fraction of sp³-hybridized carbons (Fsp3) is 0.350. The number of urea groups is 1. The van der Waals surface area contributed by atoms with Crippen LogP contribution in [0.3, 0.4) is 0 Å². The van der Waals surface area contributed by atoms with E-state index in [-0.39, 0.29) is 18.5 Å². The maximum Gasteiger partial charge on any atom is 0.328 e. The lowest BCUT2D eigenvalue weighted by Gasteiger charge is -2.40. The van der Waals surface area contributed by atoms with Gasteiger partial charge < -0.3 is 4.90 Å². The van der Waals surface area contributed by atoms with Gasteiger partial charge >= 0.3 is 6.03 Å². The number of likely N-dealkylation sites (N-methyl/N-ethyl adjacent to an activating group) is 1. The number of benzene rings is 1. The second-order valence-corrected chi connectivity index (χ2v) is 7.85. The van der Waals surface area contributed by atoms with Gasteiger partial charge in [-0.25, -0.2) is 9.79 Å². The quantitative estimate of drug-likeness (QED) is 0.732. The lowest BCUT2D eigenvalue weighted by atomic mass is 10.1. The SMILES string of the molecule is C=C(C)CN1C(=O)C2C(N=C3N(c4ccc(Cl)cc4)C(C)=C(C)N32)N(C)C1=O. The number of imide groups is 1. The Kier molecular flexibility index (Phi) is 4.23. The molecule has 28 heavy (non-hydrogen) atoms. The lowest BCUT2D eigenvalue weighted by molar-refractivity contribution is -0.136. The molecule has 0 spiro atoms. The van der Waals surface area contributed by atoms with Crippen molar-refractivity contribution in [3.05, 3.63) is 52.8 Å². The first-order valence-electron chi connectivity index (χ1n) is 9.05. The van der Waals surface area contributed by atoms with Crippen molar-refractivity contribution in [2.45, 2.75) is 33.0 Å². The van der Waals surface area contributed by atoms with Gasteiger partial charge in [0, 0.05) is 29.2 Å². The van der Waals surface area contributed by atoms with E-state index < -0.39 is 12.2 Å². The van der Waals surface area contributed by atoms with E-state index in [0.29, 0.717) is 11.0 Å². The van der Waals surface area contributed by atoms with E-state index in [0.717, 1.165) is 22.7 Å². The minimum Gasteiger partial charge on any atom is -0.302 e. The Hall–Kier alpha value is -2.80. The normalized spacial score (nSPS) is 24.1. The van der Waals surface area contributed by atoms with E-state index in [1.165, 1.54) is 9.80 Å². The number of guanidine groups is 1. The van der Waals surface area contributed by atoms with Crippen LogP contribution in [0.15, 0.2) is 52.8 Å². The summed E-state index contributed by atoms with van der Waals surface area (Å²) >= 11 is 6.03. The number of hydrogen-bond acceptors (Lipinski definition) is 5. The van der Waals surface area contributed by atoms with Crippen LogP contribution in [-0.2, 0) is 4.79 Å². The summed E-state index contributed by atoms with van der Waals surface area (Å²) in [6.45, 7) is 9.82. The predicted octanol–water partition coefficient (Wildman–Crippen LogP) is 3.25. The minimum atomic E-state index is -0.579. The van der Waals surface area contributed by atoms with Crippen molar-refractivity contribution in [3.63, 3.8) is 0 Å². The molecule has 3 heterocycles. The number of anilines is 1. The van der Waals surface area contributed by atoms with Gasteiger partial charge in [-0.1, -0.05) is 23.8 Å². The van der Waals surface area contributed by atoms with Gasteiger partial charge in [0.05, 0.1) is 6.54 Å². The van der Waals surface area contributed by atoms with E-state index in [1.54, 1.807) is 14.0 Å². The third kappa shape index (κ3) is 2.53. The molecule has 1 aromatic carbocycles. The summed E-state index contributed by atoms with van der Waals surface area (Å²) in [7, 11) is 1.68. The highest BCUT2D eigenvalue weighted by molar-refractivity contribution is 6.30. The Morgan fingerprint density at radius 2 is 1.82 bits per heavy atom. The van der Waals surface area contributed by atoms with E-state index >= 15 is 0 Å². The van der Waals surface area contributed by atoms with Crippen molar-refractivity contribution < 1.29 is 9.59 Å². The van der Waals surface area contributed by atoms with Crippen LogP contribution in [0.5, 0.6) is 0 Å². The number of amides is 3. The number of rotatable bonds is 3. The van der Waals surface area contributed by atoms with Gasteiger partial charge in [-0.3, -0.25) is 19.5 Å². The van der Waals surface area contributed by atoms with Crippen LogP contribution < -0.4 is 4.90 Å². The fourth-order valence-electron chi connectivity index (χ4n) is 3.93. The predicted molar refractivity (Wildman–Crippen MR) is 109 cm³/mol. The molecule has 1 aromatic rings. The Morgan fingerprint density at radius 1 is 1.18 bits per heavy atom. The molecule has 0 aromatic heterocycles. The first kappa shape index (κ1) is 18.6. The maximum absolute atomic E-state index is 13.2. The molecule has 3 aliphatic rings. The zero-order valence-corrected chi connectivity index (χ0v) is 17.1. The van der Waals surface area contributed by atoms with Gasteiger partial charge in [0.25, 0.3) is 5.91 Å². The third-order valence-corrected chi connectivity index (χ3v) is 5.66. The average molecular weight is 400 g/mol. The van der Waals surface area contributed by atoms with Crippen molar-refractivity contribution >= 4 is 35.2 Å². The number of nitrogens with zero attached hydrogens (tertiary/aromatic N) is 5. The molecule has 1 saturated heterocycles. The zero-order chi connectivity index (χ0) is 20.3. The van der Waals surface area contributed by atoms with Gasteiger partial charge in [0.15, 0.2) is 12.2 Å². The zero-order valence-electron chi connectivity index (χ0n) is 16.3. The molecule has 2 unspecified atom stereocenters. The van der Waals surface area contributed by atoms with Crippen LogP contribution in [0.25, 0.3) is 0 Å². The molecule has 0 bridgehead atoms. The standard InChI is InChI=1S/C20H22ClN5O2/c1-11(2)10-24-18(27)16-17(23(5)20(24)28)22-19-25(12(3)13(4)26(16)19)15-8-6-14(21)7-9-15/h6-9,16-17H,1,10H2,2-5H3. The molecule has 0 N–H and O–H groups in total. The van der Waals surface area contributed by atoms with Crippen LogP contribution in [0, 0.1) is 0 Å². The third-order valence-electron chi connectivity index (χ3n) is 5.41. The number of allylic oxidation sites excluding steroid dienone is 2. The summed E-state index contributed by atoms with van der Waals surface area (Å²) in [6, 6.07) is 6.54. The highest BCUT2D eigenvalue weighted by atomic mass is 35.5. The second kappa shape index (κ2) is 6.38. The van der Waals surface area contributed by atoms with Gasteiger partial charge in [0.1, 0.15) is 0 Å². The van der Waals surface area contributed by atoms with Crippen LogP contribution in [0.1, 0.15) is 20.8 Å². The molecular formula is C20H22ClN5O2. The Balaban J connectivity index is 1.76. The van der Waals surface area contributed by atoms with E-state index in [1.807, 2.05) is 47.9 Å². The molecule has 0 aliphatic carbocycles. The van der Waals surface area contributed by atoms with E-state index in [2.05, 4.69) is 6.58 Å². The van der Waals surface area contributed by atoms with Crippen molar-refractivity contribution in [1.82, 2.24) is 14.7 Å². The monoisotopic (exact) mass is 399 g/mol. The molecule has 3 aliphatic heterocycles. The molecular weight excluding hydrogens is 378 g/mol. The van der Waals surface area contributed by atoms with Crippen LogP contribution >= 0.6 is 11.6 Å². The van der Waals surface area contributed by atoms with Crippen LogP contribution in [-0.4, -0.2) is 58.4 Å². The molecule has 0 saturated carbocycles. The summed E-state index contributed by atoms with van der Waals surface area (Å²) in [5.41, 5.74) is 3.58. The first-order chi connectivity index (χ1) is 13.2. The number of carbonyl (C=O) groups excluding carboxylic acids is 2. The lowest BCUT2D eigenvalue weighted by Crippen LogP contribution is -2.64. The highest BCUT2D eigenvalue weighted by Crippen LogP contribution is 2.40. The van der Waals surface area contributed by atoms with Gasteiger partial charge in [-0.2, -0.15) is 0 Å². The molecule has 146 valence electrons. The molecule has 1 fully saturated rings. The van der Waals surface area contributed by atoms with E-state index in [4.69, 9.17) is 16.6 Å². The fourth-order valence-corrected chi connectivity index (χ4v) is 4.05. The number of halogens is 1. The van der Waals surface area contributed by atoms with Gasteiger partial charge in [-0.15, -0.1) is 0 Å².